The SMILES string of the molecule is CN=C(N)N(Cc1ccc(OC)cc1)N=N. The van der Waals surface area contributed by atoms with E-state index in [1.165, 1.54) is 5.01 Å². The minimum absolute atomic E-state index is 0.214. The zero-order valence-electron chi connectivity index (χ0n) is 9.34. The van der Waals surface area contributed by atoms with Gasteiger partial charge in [0.25, 0.3) is 0 Å². The number of nitrogens with one attached hydrogen (secondary N) is 1. The smallest absolute Gasteiger partial charge is 0.213 e. The third-order valence-corrected chi connectivity index (χ3v) is 2.11. The van der Waals surface area contributed by atoms with Crippen LogP contribution in [0.5, 0.6) is 5.75 Å². The highest BCUT2D eigenvalue weighted by molar-refractivity contribution is 5.77. The minimum Gasteiger partial charge on any atom is -0.497 e. The van der Waals surface area contributed by atoms with E-state index < -0.39 is 0 Å². The molecule has 0 aliphatic rings. The Morgan fingerprint density at radius 3 is 2.50 bits per heavy atom. The second-order valence-corrected chi connectivity index (χ2v) is 3.09. The number of nitrogens with zero attached hydrogens (tertiary/aromatic N) is 3. The molecule has 0 aromatic heterocycles. The van der Waals surface area contributed by atoms with Gasteiger partial charge >= 0.3 is 0 Å². The van der Waals surface area contributed by atoms with Crippen LogP contribution in [0, 0.1) is 5.53 Å². The number of methoxy groups -OCH3 is 1. The Morgan fingerprint density at radius 2 is 2.06 bits per heavy atom. The van der Waals surface area contributed by atoms with Crippen molar-refractivity contribution in [2.75, 3.05) is 14.2 Å². The predicted molar refractivity (Wildman–Crippen MR) is 61.2 cm³/mol. The molecule has 6 heteroatoms. The van der Waals surface area contributed by atoms with Crippen molar-refractivity contribution >= 4 is 5.96 Å². The molecule has 0 bridgehead atoms. The summed E-state index contributed by atoms with van der Waals surface area (Å²) in [5.74, 6) is 1.00. The van der Waals surface area contributed by atoms with Crippen LogP contribution in [0.15, 0.2) is 34.5 Å². The Kier molecular flexibility index (Phi) is 4.26. The van der Waals surface area contributed by atoms with Gasteiger partial charge in [-0.3, -0.25) is 4.99 Å². The van der Waals surface area contributed by atoms with Crippen molar-refractivity contribution in [2.45, 2.75) is 6.54 Å². The van der Waals surface area contributed by atoms with Gasteiger partial charge in [0.05, 0.1) is 13.7 Å². The number of hydrogen-bond donors (Lipinski definition) is 2. The zero-order valence-corrected chi connectivity index (χ0v) is 9.34. The quantitative estimate of drug-likeness (QED) is 0.348. The number of ether oxygens (including phenoxy) is 1. The van der Waals surface area contributed by atoms with E-state index in [1.807, 2.05) is 24.3 Å². The Morgan fingerprint density at radius 1 is 1.44 bits per heavy atom. The largest absolute Gasteiger partial charge is 0.497 e. The molecule has 0 saturated heterocycles. The van der Waals surface area contributed by atoms with Crippen molar-refractivity contribution in [2.24, 2.45) is 15.9 Å². The van der Waals surface area contributed by atoms with Crippen molar-refractivity contribution < 1.29 is 4.74 Å². The lowest BCUT2D eigenvalue weighted by atomic mass is 10.2. The van der Waals surface area contributed by atoms with Gasteiger partial charge in [-0.05, 0) is 17.7 Å². The number of guanidine groups is 1. The van der Waals surface area contributed by atoms with Crippen LogP contribution >= 0.6 is 0 Å². The van der Waals surface area contributed by atoms with E-state index in [0.717, 1.165) is 11.3 Å². The summed E-state index contributed by atoms with van der Waals surface area (Å²) in [6.45, 7) is 0.413. The highest BCUT2D eigenvalue weighted by atomic mass is 16.5. The summed E-state index contributed by atoms with van der Waals surface area (Å²) in [6.07, 6.45) is 0. The predicted octanol–water partition coefficient (Wildman–Crippen LogP) is 1.39. The first-order chi connectivity index (χ1) is 7.71. The third kappa shape index (κ3) is 2.94. The van der Waals surface area contributed by atoms with Gasteiger partial charge in [-0.25, -0.2) is 5.01 Å². The number of rotatable bonds is 4. The molecule has 0 amide bonds. The monoisotopic (exact) mass is 221 g/mol. The number of aliphatic imine (C=N–C) groups is 1. The lowest BCUT2D eigenvalue weighted by molar-refractivity contribution is 0.391. The van der Waals surface area contributed by atoms with Gasteiger partial charge in [0, 0.05) is 7.05 Å². The Labute approximate surface area is 94.2 Å². The van der Waals surface area contributed by atoms with Crippen molar-refractivity contribution in [1.29, 1.82) is 5.53 Å². The fourth-order valence-electron chi connectivity index (χ4n) is 1.19. The molecular weight excluding hydrogens is 206 g/mol. The molecule has 0 aliphatic heterocycles. The van der Waals surface area contributed by atoms with Crippen LogP contribution in [0.3, 0.4) is 0 Å². The maximum Gasteiger partial charge on any atom is 0.213 e. The Bertz CT molecular complexity index is 373. The average Bonchev–Trinajstić information content (AvgIpc) is 2.35. The molecule has 1 rings (SSSR count). The fraction of sp³-hybridized carbons (Fsp3) is 0.300. The van der Waals surface area contributed by atoms with E-state index in [0.29, 0.717) is 6.54 Å². The molecule has 86 valence electrons. The summed E-state index contributed by atoms with van der Waals surface area (Å²) < 4.78 is 5.05. The van der Waals surface area contributed by atoms with E-state index in [1.54, 1.807) is 14.2 Å². The van der Waals surface area contributed by atoms with Crippen LogP contribution in [0.4, 0.5) is 0 Å². The lowest BCUT2D eigenvalue weighted by Gasteiger charge is -2.15. The Balaban J connectivity index is 2.74. The molecule has 1 aromatic rings. The first-order valence-electron chi connectivity index (χ1n) is 4.71. The summed E-state index contributed by atoms with van der Waals surface area (Å²) >= 11 is 0. The topological polar surface area (TPSA) is 87.1 Å². The highest BCUT2D eigenvalue weighted by Gasteiger charge is 2.06. The second kappa shape index (κ2) is 5.69. The van der Waals surface area contributed by atoms with Crippen LogP contribution in [0.2, 0.25) is 0 Å². The van der Waals surface area contributed by atoms with E-state index in [-0.39, 0.29) is 5.96 Å². The molecule has 0 fully saturated rings. The molecule has 0 radical (unpaired) electrons. The Hall–Kier alpha value is -2.11. The summed E-state index contributed by atoms with van der Waals surface area (Å²) in [6, 6.07) is 7.47. The van der Waals surface area contributed by atoms with E-state index in [2.05, 4.69) is 10.2 Å². The minimum atomic E-state index is 0.214. The molecular formula is C10H15N5O. The van der Waals surface area contributed by atoms with Crippen LogP contribution in [-0.2, 0) is 6.54 Å². The van der Waals surface area contributed by atoms with Gasteiger partial charge in [0.1, 0.15) is 5.75 Å². The van der Waals surface area contributed by atoms with Gasteiger partial charge in [0.15, 0.2) is 0 Å². The third-order valence-electron chi connectivity index (χ3n) is 2.11. The van der Waals surface area contributed by atoms with E-state index >= 15 is 0 Å². The normalized spacial score (nSPS) is 11.0. The summed E-state index contributed by atoms with van der Waals surface area (Å²) in [5, 5.41) is 4.60. The maximum absolute atomic E-state index is 6.99. The summed E-state index contributed by atoms with van der Waals surface area (Å²) in [7, 11) is 3.17. The van der Waals surface area contributed by atoms with E-state index in [4.69, 9.17) is 16.0 Å². The fourth-order valence-corrected chi connectivity index (χ4v) is 1.19. The zero-order chi connectivity index (χ0) is 12.0. The van der Waals surface area contributed by atoms with Crippen molar-refractivity contribution in [3.63, 3.8) is 0 Å². The van der Waals surface area contributed by atoms with Crippen LogP contribution in [-0.4, -0.2) is 25.1 Å². The molecule has 0 unspecified atom stereocenters. The summed E-state index contributed by atoms with van der Waals surface area (Å²) in [4.78, 5) is 3.77. The molecule has 3 N–H and O–H groups in total. The van der Waals surface area contributed by atoms with Crippen LogP contribution < -0.4 is 10.5 Å². The first-order valence-corrected chi connectivity index (χ1v) is 4.71. The van der Waals surface area contributed by atoms with Gasteiger partial charge in [-0.15, -0.1) is 0 Å². The number of hydrogen-bond acceptors (Lipinski definition) is 4. The molecule has 1 aromatic carbocycles. The molecule has 0 aliphatic carbocycles. The molecule has 0 saturated carbocycles. The first kappa shape index (κ1) is 12.0. The van der Waals surface area contributed by atoms with E-state index in [9.17, 15) is 0 Å². The second-order valence-electron chi connectivity index (χ2n) is 3.09. The number of nitrogens with two attached hydrogens (primary N) is 1. The standard InChI is InChI=1S/C10H15N5O/c1-13-10(11)15(14-12)7-8-3-5-9(16-2)6-4-8/h3-6,12H,7H2,1-2H3,(H2,11,13). The molecule has 6 nitrogen and oxygen atoms in total. The lowest BCUT2D eigenvalue weighted by Crippen LogP contribution is -2.32. The summed E-state index contributed by atoms with van der Waals surface area (Å²) in [5.41, 5.74) is 13.5. The van der Waals surface area contributed by atoms with Gasteiger partial charge in [0.2, 0.25) is 5.96 Å². The van der Waals surface area contributed by atoms with Crippen LogP contribution in [0.25, 0.3) is 0 Å². The van der Waals surface area contributed by atoms with Gasteiger partial charge < -0.3 is 10.5 Å². The van der Waals surface area contributed by atoms with Gasteiger partial charge in [-0.2, -0.15) is 5.53 Å². The average molecular weight is 221 g/mol. The van der Waals surface area contributed by atoms with Crippen molar-refractivity contribution in [3.8, 4) is 5.75 Å². The van der Waals surface area contributed by atoms with Crippen molar-refractivity contribution in [1.82, 2.24) is 5.01 Å². The van der Waals surface area contributed by atoms with Gasteiger partial charge in [-0.1, -0.05) is 17.4 Å². The molecule has 0 heterocycles. The molecule has 0 spiro atoms. The molecule has 0 atom stereocenters. The highest BCUT2D eigenvalue weighted by Crippen LogP contribution is 2.12. The maximum atomic E-state index is 6.99. The van der Waals surface area contributed by atoms with Crippen molar-refractivity contribution in [3.05, 3.63) is 29.8 Å². The van der Waals surface area contributed by atoms with Crippen LogP contribution in [0.1, 0.15) is 5.56 Å². The number of benzene rings is 1. The molecule has 16 heavy (non-hydrogen) atoms.